The summed E-state index contributed by atoms with van der Waals surface area (Å²) >= 11 is 0. The number of anilines is 1. The maximum absolute atomic E-state index is 13.4. The van der Waals surface area contributed by atoms with Crippen LogP contribution in [0.2, 0.25) is 0 Å². The van der Waals surface area contributed by atoms with Crippen molar-refractivity contribution in [2.45, 2.75) is 25.6 Å². The van der Waals surface area contributed by atoms with E-state index in [4.69, 9.17) is 9.47 Å². The molecule has 1 aromatic heterocycles. The van der Waals surface area contributed by atoms with Crippen molar-refractivity contribution in [1.29, 1.82) is 0 Å². The lowest BCUT2D eigenvalue weighted by molar-refractivity contribution is -0.106. The number of ether oxygens (including phenoxy) is 2. The number of methoxy groups -OCH3 is 1. The second kappa shape index (κ2) is 5.98. The van der Waals surface area contributed by atoms with E-state index in [-0.39, 0.29) is 11.7 Å². The topological polar surface area (TPSA) is 47.5 Å². The fraction of sp³-hybridized carbons (Fsp3) is 0.500. The fourth-order valence-electron chi connectivity index (χ4n) is 2.89. The molecule has 23 heavy (non-hydrogen) atoms. The van der Waals surface area contributed by atoms with Crippen molar-refractivity contribution in [2.24, 2.45) is 0 Å². The van der Waals surface area contributed by atoms with Gasteiger partial charge in [0.15, 0.2) is 11.6 Å². The molecule has 7 heteroatoms. The summed E-state index contributed by atoms with van der Waals surface area (Å²) in [5.41, 5.74) is 0.286. The van der Waals surface area contributed by atoms with Gasteiger partial charge in [0.1, 0.15) is 5.82 Å². The maximum Gasteiger partial charge on any atom is 0.161 e. The van der Waals surface area contributed by atoms with Crippen molar-refractivity contribution in [3.05, 3.63) is 30.0 Å². The van der Waals surface area contributed by atoms with E-state index in [9.17, 15) is 8.78 Å². The number of rotatable bonds is 3. The van der Waals surface area contributed by atoms with Crippen molar-refractivity contribution >= 4 is 16.9 Å². The molecular formula is C16H19F2N3O2. The van der Waals surface area contributed by atoms with Crippen LogP contribution in [-0.2, 0) is 9.47 Å². The van der Waals surface area contributed by atoms with E-state index >= 15 is 0 Å². The molecule has 5 nitrogen and oxygen atoms in total. The zero-order valence-corrected chi connectivity index (χ0v) is 13.3. The number of hydrogen-bond acceptors (Lipinski definition) is 5. The van der Waals surface area contributed by atoms with Crippen LogP contribution in [0.5, 0.6) is 0 Å². The number of benzene rings is 1. The summed E-state index contributed by atoms with van der Waals surface area (Å²) in [6.07, 6.45) is 1.48. The number of hydrogen-bond donors (Lipinski definition) is 0. The predicted octanol–water partition coefficient (Wildman–Crippen LogP) is 2.54. The first-order valence-electron chi connectivity index (χ1n) is 7.41. The van der Waals surface area contributed by atoms with Crippen LogP contribution in [0.3, 0.4) is 0 Å². The van der Waals surface area contributed by atoms with Crippen molar-refractivity contribution in [3.8, 4) is 0 Å². The number of halogens is 2. The van der Waals surface area contributed by atoms with Gasteiger partial charge in [0.05, 0.1) is 35.5 Å². The lowest BCUT2D eigenvalue weighted by Crippen LogP contribution is -2.54. The van der Waals surface area contributed by atoms with E-state index in [1.165, 1.54) is 0 Å². The van der Waals surface area contributed by atoms with Crippen LogP contribution in [0.1, 0.15) is 13.8 Å². The zero-order valence-electron chi connectivity index (χ0n) is 13.3. The average Bonchev–Trinajstić information content (AvgIpc) is 2.46. The van der Waals surface area contributed by atoms with Crippen LogP contribution in [0.4, 0.5) is 14.6 Å². The first kappa shape index (κ1) is 16.0. The molecule has 2 aromatic rings. The van der Waals surface area contributed by atoms with Crippen molar-refractivity contribution < 1.29 is 18.3 Å². The number of nitrogens with zero attached hydrogens (tertiary/aromatic N) is 3. The highest BCUT2D eigenvalue weighted by Crippen LogP contribution is 2.26. The quantitative estimate of drug-likeness (QED) is 0.869. The van der Waals surface area contributed by atoms with E-state index in [1.807, 2.05) is 18.7 Å². The van der Waals surface area contributed by atoms with Crippen molar-refractivity contribution in [3.63, 3.8) is 0 Å². The largest absolute Gasteiger partial charge is 0.382 e. The molecule has 0 spiro atoms. The second-order valence-electron chi connectivity index (χ2n) is 6.32. The summed E-state index contributed by atoms with van der Waals surface area (Å²) in [7, 11) is 1.63. The minimum Gasteiger partial charge on any atom is -0.382 e. The zero-order chi connectivity index (χ0) is 16.6. The van der Waals surface area contributed by atoms with E-state index in [1.54, 1.807) is 13.3 Å². The van der Waals surface area contributed by atoms with Gasteiger partial charge in [-0.1, -0.05) is 0 Å². The van der Waals surface area contributed by atoms with Gasteiger partial charge in [-0.2, -0.15) is 0 Å². The molecule has 0 bridgehead atoms. The molecule has 1 aliphatic rings. The molecule has 0 aliphatic carbocycles. The van der Waals surface area contributed by atoms with Crippen molar-refractivity contribution in [1.82, 2.24) is 9.97 Å². The van der Waals surface area contributed by atoms with E-state index in [0.717, 1.165) is 12.1 Å². The number of aromatic nitrogens is 2. The maximum atomic E-state index is 13.4. The summed E-state index contributed by atoms with van der Waals surface area (Å²) in [4.78, 5) is 10.6. The van der Waals surface area contributed by atoms with E-state index in [2.05, 4.69) is 9.97 Å². The monoisotopic (exact) mass is 323 g/mol. The molecule has 2 heterocycles. The van der Waals surface area contributed by atoms with Gasteiger partial charge in [-0.3, -0.25) is 4.98 Å². The molecule has 1 unspecified atom stereocenters. The molecular weight excluding hydrogens is 304 g/mol. The predicted molar refractivity (Wildman–Crippen MR) is 82.5 cm³/mol. The number of fused-ring (bicyclic) bond motifs is 1. The Morgan fingerprint density at radius 2 is 2.00 bits per heavy atom. The molecule has 0 radical (unpaired) electrons. The molecule has 1 aliphatic heterocycles. The molecule has 1 aromatic carbocycles. The molecule has 1 saturated heterocycles. The van der Waals surface area contributed by atoms with Gasteiger partial charge >= 0.3 is 0 Å². The fourth-order valence-corrected chi connectivity index (χ4v) is 2.89. The minimum atomic E-state index is -0.927. The minimum absolute atomic E-state index is 0.0915. The lowest BCUT2D eigenvalue weighted by atomic mass is 10.1. The Hall–Kier alpha value is -1.86. The van der Waals surface area contributed by atoms with Gasteiger partial charge in [-0.05, 0) is 13.8 Å². The van der Waals surface area contributed by atoms with Crippen LogP contribution >= 0.6 is 0 Å². The number of morpholine rings is 1. The molecule has 1 fully saturated rings. The van der Waals surface area contributed by atoms with Gasteiger partial charge in [0.2, 0.25) is 0 Å². The highest BCUT2D eigenvalue weighted by Gasteiger charge is 2.34. The first-order chi connectivity index (χ1) is 10.9. The lowest BCUT2D eigenvalue weighted by Gasteiger charge is -2.43. The highest BCUT2D eigenvalue weighted by atomic mass is 19.2. The van der Waals surface area contributed by atoms with Gasteiger partial charge in [-0.25, -0.2) is 13.8 Å². The molecule has 124 valence electrons. The normalized spacial score (nSPS) is 20.9. The van der Waals surface area contributed by atoms with Crippen LogP contribution in [0, 0.1) is 11.6 Å². The van der Waals surface area contributed by atoms with Crippen LogP contribution < -0.4 is 4.90 Å². The highest BCUT2D eigenvalue weighted by molar-refractivity contribution is 5.75. The Kier molecular flexibility index (Phi) is 4.16. The molecule has 0 amide bonds. The SMILES string of the molecule is COCC1CN(c2cnc3cc(F)c(F)cc3n2)CC(C)(C)O1. The standard InChI is InChI=1S/C16H19F2N3O2/c1-16(2)9-21(7-10(23-16)8-22-3)15-6-19-13-4-11(17)12(18)5-14(13)20-15/h4-6,10H,7-9H2,1-3H3. The van der Waals surface area contributed by atoms with Gasteiger partial charge in [0, 0.05) is 32.3 Å². The Balaban J connectivity index is 1.93. The summed E-state index contributed by atoms with van der Waals surface area (Å²) in [5.74, 6) is -1.24. The molecule has 3 rings (SSSR count). The van der Waals surface area contributed by atoms with E-state index < -0.39 is 11.6 Å². The first-order valence-corrected chi connectivity index (χ1v) is 7.41. The van der Waals surface area contributed by atoms with Crippen LogP contribution in [0.25, 0.3) is 11.0 Å². The van der Waals surface area contributed by atoms with Crippen LogP contribution in [0.15, 0.2) is 18.3 Å². The van der Waals surface area contributed by atoms with Gasteiger partial charge in [-0.15, -0.1) is 0 Å². The summed E-state index contributed by atoms with van der Waals surface area (Å²) in [5, 5.41) is 0. The average molecular weight is 323 g/mol. The smallest absolute Gasteiger partial charge is 0.161 e. The Morgan fingerprint density at radius 3 is 2.70 bits per heavy atom. The third-order valence-electron chi connectivity index (χ3n) is 3.73. The molecule has 0 N–H and O–H groups in total. The summed E-state index contributed by atoms with van der Waals surface area (Å²) in [6, 6.07) is 2.12. The Morgan fingerprint density at radius 1 is 1.30 bits per heavy atom. The molecule has 1 atom stereocenters. The van der Waals surface area contributed by atoms with E-state index in [0.29, 0.717) is 36.5 Å². The third-order valence-corrected chi connectivity index (χ3v) is 3.73. The second-order valence-corrected chi connectivity index (χ2v) is 6.32. The van der Waals surface area contributed by atoms with Gasteiger partial charge < -0.3 is 14.4 Å². The summed E-state index contributed by atoms with van der Waals surface area (Å²) < 4.78 is 37.8. The molecule has 0 saturated carbocycles. The Bertz CT molecular complexity index is 724. The van der Waals surface area contributed by atoms with Crippen LogP contribution in [-0.4, -0.2) is 48.5 Å². The van der Waals surface area contributed by atoms with Crippen molar-refractivity contribution in [2.75, 3.05) is 31.7 Å². The third kappa shape index (κ3) is 3.40. The van der Waals surface area contributed by atoms with Gasteiger partial charge in [0.25, 0.3) is 0 Å². The summed E-state index contributed by atoms with van der Waals surface area (Å²) in [6.45, 7) is 5.68. The Labute approximate surface area is 133 Å².